The summed E-state index contributed by atoms with van der Waals surface area (Å²) in [5.41, 5.74) is 1.92. The molecule has 4 nitrogen and oxygen atoms in total. The summed E-state index contributed by atoms with van der Waals surface area (Å²) in [5.74, 6) is 0.647. The fourth-order valence-electron chi connectivity index (χ4n) is 2.04. The molecular weight excluding hydrogens is 238 g/mol. The SMILES string of the molecule is CC(C)CCNC(=O)C(C)n1cnc2ccccc21. The Bertz CT molecular complexity index is 559. The van der Waals surface area contributed by atoms with E-state index in [0.29, 0.717) is 5.92 Å². The quantitative estimate of drug-likeness (QED) is 0.897. The molecule has 4 heteroatoms. The van der Waals surface area contributed by atoms with Crippen LogP contribution in [0.3, 0.4) is 0 Å². The van der Waals surface area contributed by atoms with Crippen molar-refractivity contribution in [1.29, 1.82) is 0 Å². The van der Waals surface area contributed by atoms with Gasteiger partial charge >= 0.3 is 0 Å². The molecule has 0 saturated heterocycles. The summed E-state index contributed by atoms with van der Waals surface area (Å²) in [6.07, 6.45) is 2.74. The normalized spacial score (nSPS) is 12.8. The van der Waals surface area contributed by atoms with Crippen molar-refractivity contribution in [2.45, 2.75) is 33.2 Å². The van der Waals surface area contributed by atoms with E-state index >= 15 is 0 Å². The number of carbonyl (C=O) groups excluding carboxylic acids is 1. The molecule has 0 fully saturated rings. The number of imidazole rings is 1. The van der Waals surface area contributed by atoms with E-state index < -0.39 is 0 Å². The Morgan fingerprint density at radius 2 is 2.05 bits per heavy atom. The molecule has 2 rings (SSSR count). The summed E-state index contributed by atoms with van der Waals surface area (Å²) in [6.45, 7) is 6.93. The molecule has 1 aromatic carbocycles. The van der Waals surface area contributed by atoms with Gasteiger partial charge in [0, 0.05) is 6.54 Å². The van der Waals surface area contributed by atoms with Crippen LogP contribution < -0.4 is 5.32 Å². The molecule has 1 aromatic heterocycles. The number of hydrogen-bond acceptors (Lipinski definition) is 2. The topological polar surface area (TPSA) is 46.9 Å². The molecule has 0 aliphatic rings. The molecule has 2 aromatic rings. The second-order valence-corrected chi connectivity index (χ2v) is 5.29. The van der Waals surface area contributed by atoms with Crippen LogP contribution in [-0.2, 0) is 4.79 Å². The molecule has 0 radical (unpaired) electrons. The lowest BCUT2D eigenvalue weighted by Gasteiger charge is -2.15. The van der Waals surface area contributed by atoms with Crippen LogP contribution in [-0.4, -0.2) is 22.0 Å². The molecule has 1 heterocycles. The number of carbonyl (C=O) groups is 1. The average Bonchev–Trinajstić information content (AvgIpc) is 2.81. The third-order valence-corrected chi connectivity index (χ3v) is 3.30. The van der Waals surface area contributed by atoms with E-state index in [-0.39, 0.29) is 11.9 Å². The van der Waals surface area contributed by atoms with Crippen molar-refractivity contribution in [3.63, 3.8) is 0 Å². The molecule has 1 amide bonds. The van der Waals surface area contributed by atoms with Gasteiger partial charge in [-0.15, -0.1) is 0 Å². The number of amides is 1. The predicted octanol–water partition coefficient (Wildman–Crippen LogP) is 2.76. The van der Waals surface area contributed by atoms with Crippen LogP contribution in [0.5, 0.6) is 0 Å². The van der Waals surface area contributed by atoms with E-state index in [0.717, 1.165) is 24.0 Å². The van der Waals surface area contributed by atoms with E-state index in [1.165, 1.54) is 0 Å². The van der Waals surface area contributed by atoms with Gasteiger partial charge in [0.05, 0.1) is 17.4 Å². The Morgan fingerprint density at radius 1 is 1.32 bits per heavy atom. The third kappa shape index (κ3) is 3.13. The molecule has 19 heavy (non-hydrogen) atoms. The van der Waals surface area contributed by atoms with Gasteiger partial charge < -0.3 is 9.88 Å². The first-order valence-electron chi connectivity index (χ1n) is 6.79. The van der Waals surface area contributed by atoms with Crippen molar-refractivity contribution in [2.24, 2.45) is 5.92 Å². The van der Waals surface area contributed by atoms with Gasteiger partial charge in [0.15, 0.2) is 0 Å². The minimum absolute atomic E-state index is 0.0452. The van der Waals surface area contributed by atoms with Gasteiger partial charge in [0.1, 0.15) is 6.04 Å². The number of fused-ring (bicyclic) bond motifs is 1. The largest absolute Gasteiger partial charge is 0.354 e. The van der Waals surface area contributed by atoms with Crippen molar-refractivity contribution < 1.29 is 4.79 Å². The zero-order valence-electron chi connectivity index (χ0n) is 11.8. The maximum atomic E-state index is 12.1. The van der Waals surface area contributed by atoms with Gasteiger partial charge in [-0.2, -0.15) is 0 Å². The number of aromatic nitrogens is 2. The molecule has 0 saturated carbocycles. The fraction of sp³-hybridized carbons (Fsp3) is 0.467. The first-order chi connectivity index (χ1) is 9.09. The van der Waals surface area contributed by atoms with Crippen LogP contribution in [0.15, 0.2) is 30.6 Å². The highest BCUT2D eigenvalue weighted by atomic mass is 16.2. The van der Waals surface area contributed by atoms with E-state index in [2.05, 4.69) is 24.1 Å². The standard InChI is InChI=1S/C15H21N3O/c1-11(2)8-9-16-15(19)12(3)18-10-17-13-6-4-5-7-14(13)18/h4-7,10-12H,8-9H2,1-3H3,(H,16,19). The van der Waals surface area contributed by atoms with Crippen LogP contribution in [0.1, 0.15) is 33.2 Å². The summed E-state index contributed by atoms with van der Waals surface area (Å²) in [5, 5.41) is 2.98. The van der Waals surface area contributed by atoms with Gasteiger partial charge in [0.2, 0.25) is 5.91 Å². The number of hydrogen-bond donors (Lipinski definition) is 1. The second-order valence-electron chi connectivity index (χ2n) is 5.29. The molecule has 1 atom stereocenters. The summed E-state index contributed by atoms with van der Waals surface area (Å²) in [4.78, 5) is 16.4. The lowest BCUT2D eigenvalue weighted by atomic mass is 10.1. The highest BCUT2D eigenvalue weighted by molar-refractivity contribution is 5.83. The number of rotatable bonds is 5. The first-order valence-corrected chi connectivity index (χ1v) is 6.79. The Hall–Kier alpha value is -1.84. The van der Waals surface area contributed by atoms with Crippen molar-refractivity contribution >= 4 is 16.9 Å². The lowest BCUT2D eigenvalue weighted by molar-refractivity contribution is -0.123. The van der Waals surface area contributed by atoms with Gasteiger partial charge in [-0.05, 0) is 31.4 Å². The first kappa shape index (κ1) is 13.6. The molecule has 0 spiro atoms. The minimum atomic E-state index is -0.237. The predicted molar refractivity (Wildman–Crippen MR) is 76.9 cm³/mol. The highest BCUT2D eigenvalue weighted by Crippen LogP contribution is 2.17. The van der Waals surface area contributed by atoms with Gasteiger partial charge in [-0.25, -0.2) is 4.98 Å². The fourth-order valence-corrected chi connectivity index (χ4v) is 2.04. The van der Waals surface area contributed by atoms with Crippen molar-refractivity contribution in [2.75, 3.05) is 6.54 Å². The average molecular weight is 259 g/mol. The molecule has 0 aliphatic heterocycles. The van der Waals surface area contributed by atoms with Crippen LogP contribution in [0.25, 0.3) is 11.0 Å². The van der Waals surface area contributed by atoms with E-state index in [1.807, 2.05) is 35.8 Å². The Kier molecular flexibility index (Phi) is 4.20. The summed E-state index contributed by atoms with van der Waals surface area (Å²) < 4.78 is 1.92. The van der Waals surface area contributed by atoms with Crippen LogP contribution >= 0.6 is 0 Å². The molecular formula is C15H21N3O. The maximum Gasteiger partial charge on any atom is 0.242 e. The Morgan fingerprint density at radius 3 is 2.79 bits per heavy atom. The lowest BCUT2D eigenvalue weighted by Crippen LogP contribution is -2.31. The van der Waals surface area contributed by atoms with Crippen LogP contribution in [0, 0.1) is 5.92 Å². The van der Waals surface area contributed by atoms with Crippen LogP contribution in [0.2, 0.25) is 0 Å². The van der Waals surface area contributed by atoms with E-state index in [4.69, 9.17) is 0 Å². The van der Waals surface area contributed by atoms with E-state index in [9.17, 15) is 4.79 Å². The van der Waals surface area contributed by atoms with Crippen molar-refractivity contribution in [3.8, 4) is 0 Å². The molecule has 1 unspecified atom stereocenters. The zero-order valence-corrected chi connectivity index (χ0v) is 11.8. The minimum Gasteiger partial charge on any atom is -0.354 e. The van der Waals surface area contributed by atoms with Gasteiger partial charge in [-0.1, -0.05) is 26.0 Å². The van der Waals surface area contributed by atoms with Crippen molar-refractivity contribution in [3.05, 3.63) is 30.6 Å². The smallest absolute Gasteiger partial charge is 0.242 e. The summed E-state index contributed by atoms with van der Waals surface area (Å²) in [7, 11) is 0. The maximum absolute atomic E-state index is 12.1. The van der Waals surface area contributed by atoms with E-state index in [1.54, 1.807) is 6.33 Å². The monoisotopic (exact) mass is 259 g/mol. The zero-order chi connectivity index (χ0) is 13.8. The van der Waals surface area contributed by atoms with Gasteiger partial charge in [-0.3, -0.25) is 4.79 Å². The third-order valence-electron chi connectivity index (χ3n) is 3.30. The second kappa shape index (κ2) is 5.87. The molecule has 0 aliphatic carbocycles. The van der Waals surface area contributed by atoms with Crippen LogP contribution in [0.4, 0.5) is 0 Å². The van der Waals surface area contributed by atoms with Crippen molar-refractivity contribution in [1.82, 2.24) is 14.9 Å². The number of nitrogens with zero attached hydrogens (tertiary/aromatic N) is 2. The molecule has 0 bridgehead atoms. The highest BCUT2D eigenvalue weighted by Gasteiger charge is 2.16. The Balaban J connectivity index is 2.06. The molecule has 1 N–H and O–H groups in total. The van der Waals surface area contributed by atoms with Gasteiger partial charge in [0.25, 0.3) is 0 Å². The number of nitrogens with one attached hydrogen (secondary N) is 1. The number of benzene rings is 1. The molecule has 102 valence electrons. The Labute approximate surface area is 113 Å². The number of para-hydroxylation sites is 2. The summed E-state index contributed by atoms with van der Waals surface area (Å²) >= 11 is 0. The summed E-state index contributed by atoms with van der Waals surface area (Å²) in [6, 6.07) is 7.62.